The number of carboxylic acids is 1. The number of amides is 1. The molecule has 0 aromatic carbocycles. The van der Waals surface area contributed by atoms with E-state index in [9.17, 15) is 9.59 Å². The van der Waals surface area contributed by atoms with Crippen LogP contribution in [-0.2, 0) is 9.59 Å². The van der Waals surface area contributed by atoms with Gasteiger partial charge in [-0.1, -0.05) is 20.8 Å². The molecule has 0 aromatic heterocycles. The van der Waals surface area contributed by atoms with Gasteiger partial charge in [0.1, 0.15) is 5.54 Å². The molecular formula is C11H22N2O3. The van der Waals surface area contributed by atoms with Crippen LogP contribution in [-0.4, -0.2) is 35.6 Å². The highest BCUT2D eigenvalue weighted by Crippen LogP contribution is 2.14. The molecule has 0 saturated carbocycles. The number of carbonyl (C=O) groups is 2. The summed E-state index contributed by atoms with van der Waals surface area (Å²) in [6.45, 7) is 6.45. The molecule has 3 N–H and O–H groups in total. The van der Waals surface area contributed by atoms with Gasteiger partial charge >= 0.3 is 5.97 Å². The molecule has 1 amide bonds. The van der Waals surface area contributed by atoms with Gasteiger partial charge in [-0.25, -0.2) is 4.79 Å². The fourth-order valence-electron chi connectivity index (χ4n) is 1.47. The third-order valence-electron chi connectivity index (χ3n) is 2.71. The predicted octanol–water partition coefficient (Wildman–Crippen LogP) is 0.746. The van der Waals surface area contributed by atoms with Crippen molar-refractivity contribution in [1.82, 2.24) is 10.6 Å². The Morgan fingerprint density at radius 1 is 1.19 bits per heavy atom. The molecule has 16 heavy (non-hydrogen) atoms. The second kappa shape index (κ2) is 7.22. The van der Waals surface area contributed by atoms with Crippen molar-refractivity contribution < 1.29 is 14.7 Å². The maximum atomic E-state index is 11.5. The molecule has 0 radical (unpaired) electrons. The lowest BCUT2D eigenvalue weighted by Gasteiger charge is -2.28. The van der Waals surface area contributed by atoms with Crippen LogP contribution in [0, 0.1) is 0 Å². The maximum absolute atomic E-state index is 11.5. The first-order chi connectivity index (χ1) is 7.52. The Balaban J connectivity index is 4.29. The SMILES string of the molecule is CCCNCC(=O)NC(CC)(CC)C(=O)O. The summed E-state index contributed by atoms with van der Waals surface area (Å²) in [5.41, 5.74) is -1.12. The normalized spacial score (nSPS) is 11.2. The largest absolute Gasteiger partial charge is 0.480 e. The van der Waals surface area contributed by atoms with Crippen molar-refractivity contribution in [1.29, 1.82) is 0 Å². The molecule has 5 nitrogen and oxygen atoms in total. The average Bonchev–Trinajstić information content (AvgIpc) is 2.26. The summed E-state index contributed by atoms with van der Waals surface area (Å²) in [5.74, 6) is -1.24. The number of hydrogen-bond acceptors (Lipinski definition) is 3. The van der Waals surface area contributed by atoms with Gasteiger partial charge in [-0.3, -0.25) is 4.79 Å². The fraction of sp³-hybridized carbons (Fsp3) is 0.818. The molecule has 0 aliphatic heterocycles. The van der Waals surface area contributed by atoms with E-state index in [2.05, 4.69) is 10.6 Å². The van der Waals surface area contributed by atoms with E-state index in [-0.39, 0.29) is 12.5 Å². The maximum Gasteiger partial charge on any atom is 0.329 e. The smallest absolute Gasteiger partial charge is 0.329 e. The molecule has 0 unspecified atom stereocenters. The molecule has 5 heteroatoms. The Kier molecular flexibility index (Phi) is 6.72. The van der Waals surface area contributed by atoms with Crippen molar-refractivity contribution in [2.24, 2.45) is 0 Å². The lowest BCUT2D eigenvalue weighted by Crippen LogP contribution is -2.55. The molecule has 0 rings (SSSR count). The molecule has 0 bridgehead atoms. The molecule has 0 atom stereocenters. The monoisotopic (exact) mass is 230 g/mol. The molecule has 0 fully saturated rings. The standard InChI is InChI=1S/C11H22N2O3/c1-4-7-12-8-9(14)13-11(5-2,6-3)10(15)16/h12H,4-8H2,1-3H3,(H,13,14)(H,15,16). The van der Waals surface area contributed by atoms with Crippen molar-refractivity contribution >= 4 is 11.9 Å². The first-order valence-electron chi connectivity index (χ1n) is 5.77. The third kappa shape index (κ3) is 4.18. The zero-order chi connectivity index (χ0) is 12.6. The quantitative estimate of drug-likeness (QED) is 0.538. The van der Waals surface area contributed by atoms with Gasteiger partial charge in [0.2, 0.25) is 5.91 Å². The van der Waals surface area contributed by atoms with E-state index in [0.717, 1.165) is 13.0 Å². The fourth-order valence-corrected chi connectivity index (χ4v) is 1.47. The molecule has 0 aliphatic carbocycles. The molecule has 0 aromatic rings. The molecule has 0 spiro atoms. The number of hydrogen-bond donors (Lipinski definition) is 3. The first kappa shape index (κ1) is 14.9. The van der Waals surface area contributed by atoms with E-state index in [1.165, 1.54) is 0 Å². The lowest BCUT2D eigenvalue weighted by molar-refractivity contribution is -0.148. The summed E-state index contributed by atoms with van der Waals surface area (Å²) in [5, 5.41) is 14.6. The van der Waals surface area contributed by atoms with E-state index in [4.69, 9.17) is 5.11 Å². The van der Waals surface area contributed by atoms with Crippen LogP contribution in [0.4, 0.5) is 0 Å². The van der Waals surface area contributed by atoms with Gasteiger partial charge in [-0.05, 0) is 25.8 Å². The van der Waals surface area contributed by atoms with Crippen LogP contribution in [0.25, 0.3) is 0 Å². The zero-order valence-corrected chi connectivity index (χ0v) is 10.3. The number of rotatable bonds is 8. The van der Waals surface area contributed by atoms with Crippen molar-refractivity contribution in [3.05, 3.63) is 0 Å². The molecule has 0 heterocycles. The van der Waals surface area contributed by atoms with E-state index in [1.54, 1.807) is 13.8 Å². The second-order valence-electron chi connectivity index (χ2n) is 3.82. The molecular weight excluding hydrogens is 208 g/mol. The average molecular weight is 230 g/mol. The van der Waals surface area contributed by atoms with Gasteiger partial charge in [-0.2, -0.15) is 0 Å². The van der Waals surface area contributed by atoms with Crippen molar-refractivity contribution in [2.75, 3.05) is 13.1 Å². The molecule has 94 valence electrons. The summed E-state index contributed by atoms with van der Waals surface area (Å²) < 4.78 is 0. The Hall–Kier alpha value is -1.10. The van der Waals surface area contributed by atoms with Crippen molar-refractivity contribution in [2.45, 2.75) is 45.6 Å². The minimum atomic E-state index is -1.12. The minimum Gasteiger partial charge on any atom is -0.480 e. The second-order valence-corrected chi connectivity index (χ2v) is 3.82. The predicted molar refractivity (Wildman–Crippen MR) is 62.3 cm³/mol. The highest BCUT2D eigenvalue weighted by Gasteiger charge is 2.35. The number of nitrogens with one attached hydrogen (secondary N) is 2. The van der Waals surface area contributed by atoms with Crippen LogP contribution in [0.2, 0.25) is 0 Å². The highest BCUT2D eigenvalue weighted by molar-refractivity contribution is 5.87. The Labute approximate surface area is 96.6 Å². The van der Waals surface area contributed by atoms with Crippen LogP contribution in [0.5, 0.6) is 0 Å². The van der Waals surface area contributed by atoms with Gasteiger partial charge in [0.25, 0.3) is 0 Å². The van der Waals surface area contributed by atoms with Crippen molar-refractivity contribution in [3.8, 4) is 0 Å². The van der Waals surface area contributed by atoms with Gasteiger partial charge in [0.15, 0.2) is 0 Å². The van der Waals surface area contributed by atoms with E-state index in [1.807, 2.05) is 6.92 Å². The summed E-state index contributed by atoms with van der Waals surface area (Å²) in [4.78, 5) is 22.6. The lowest BCUT2D eigenvalue weighted by atomic mass is 9.93. The minimum absolute atomic E-state index is 0.170. The van der Waals surface area contributed by atoms with E-state index >= 15 is 0 Å². The summed E-state index contributed by atoms with van der Waals surface area (Å²) >= 11 is 0. The third-order valence-corrected chi connectivity index (χ3v) is 2.71. The number of carbonyl (C=O) groups excluding carboxylic acids is 1. The molecule has 0 aliphatic rings. The summed E-state index contributed by atoms with van der Waals surface area (Å²) in [6.07, 6.45) is 1.72. The Morgan fingerprint density at radius 3 is 2.12 bits per heavy atom. The number of carboxylic acid groups (broad SMARTS) is 1. The van der Waals surface area contributed by atoms with E-state index < -0.39 is 11.5 Å². The van der Waals surface area contributed by atoms with E-state index in [0.29, 0.717) is 12.8 Å². The van der Waals surface area contributed by atoms with Gasteiger partial charge in [-0.15, -0.1) is 0 Å². The van der Waals surface area contributed by atoms with Gasteiger partial charge in [0, 0.05) is 0 Å². The highest BCUT2D eigenvalue weighted by atomic mass is 16.4. The Bertz CT molecular complexity index is 237. The van der Waals surface area contributed by atoms with Gasteiger partial charge in [0.05, 0.1) is 6.54 Å². The van der Waals surface area contributed by atoms with Crippen molar-refractivity contribution in [3.63, 3.8) is 0 Å². The molecule has 0 saturated heterocycles. The summed E-state index contributed by atoms with van der Waals surface area (Å²) in [7, 11) is 0. The number of aliphatic carboxylic acids is 1. The van der Waals surface area contributed by atoms with Crippen LogP contribution in [0.1, 0.15) is 40.0 Å². The van der Waals surface area contributed by atoms with Gasteiger partial charge < -0.3 is 15.7 Å². The summed E-state index contributed by atoms with van der Waals surface area (Å²) in [6, 6.07) is 0. The van der Waals surface area contributed by atoms with Crippen LogP contribution < -0.4 is 10.6 Å². The van der Waals surface area contributed by atoms with Crippen LogP contribution in [0.15, 0.2) is 0 Å². The Morgan fingerprint density at radius 2 is 1.75 bits per heavy atom. The first-order valence-corrected chi connectivity index (χ1v) is 5.77. The van der Waals surface area contributed by atoms with Crippen LogP contribution >= 0.6 is 0 Å². The topological polar surface area (TPSA) is 78.4 Å². The zero-order valence-electron chi connectivity index (χ0n) is 10.3. The van der Waals surface area contributed by atoms with Crippen LogP contribution in [0.3, 0.4) is 0 Å².